The van der Waals surface area contributed by atoms with Crippen molar-refractivity contribution >= 4 is 0 Å². The molecule has 23 heavy (non-hydrogen) atoms. The SMILES string of the molecule is CCCN[C@H]1[C@@H](OC)O[C@@H]2CO[C@@H](c3ccccc3)O[C@H]2[C@@H]1O. The van der Waals surface area contributed by atoms with Crippen LogP contribution < -0.4 is 5.32 Å². The van der Waals surface area contributed by atoms with Crippen LogP contribution in [0.5, 0.6) is 0 Å². The molecule has 2 saturated heterocycles. The number of hydrogen-bond acceptors (Lipinski definition) is 6. The molecule has 2 heterocycles. The first kappa shape index (κ1) is 16.8. The van der Waals surface area contributed by atoms with Gasteiger partial charge >= 0.3 is 0 Å². The van der Waals surface area contributed by atoms with Crippen molar-refractivity contribution in [1.29, 1.82) is 0 Å². The molecule has 0 unspecified atom stereocenters. The molecule has 0 bridgehead atoms. The van der Waals surface area contributed by atoms with Gasteiger partial charge in [-0.2, -0.15) is 0 Å². The van der Waals surface area contributed by atoms with Gasteiger partial charge in [0.1, 0.15) is 18.3 Å². The topological polar surface area (TPSA) is 69.2 Å². The third-order valence-electron chi connectivity index (χ3n) is 4.30. The van der Waals surface area contributed by atoms with Crippen LogP contribution in [0, 0.1) is 0 Å². The number of fused-ring (bicyclic) bond motifs is 1. The van der Waals surface area contributed by atoms with Crippen LogP contribution in [0.15, 0.2) is 30.3 Å². The first-order valence-electron chi connectivity index (χ1n) is 8.16. The van der Waals surface area contributed by atoms with Gasteiger partial charge in [0.05, 0.1) is 12.6 Å². The summed E-state index contributed by atoms with van der Waals surface area (Å²) in [5.74, 6) is 0. The van der Waals surface area contributed by atoms with Gasteiger partial charge in [-0.15, -0.1) is 0 Å². The van der Waals surface area contributed by atoms with Crippen LogP contribution in [0.3, 0.4) is 0 Å². The highest BCUT2D eigenvalue weighted by Gasteiger charge is 2.49. The van der Waals surface area contributed by atoms with Crippen LogP contribution in [0.2, 0.25) is 0 Å². The van der Waals surface area contributed by atoms with E-state index in [9.17, 15) is 5.11 Å². The first-order chi connectivity index (χ1) is 11.2. The Hall–Kier alpha value is -1.02. The van der Waals surface area contributed by atoms with Crippen LogP contribution in [0.4, 0.5) is 0 Å². The fourth-order valence-electron chi connectivity index (χ4n) is 3.10. The lowest BCUT2D eigenvalue weighted by atomic mass is 9.95. The molecule has 3 rings (SSSR count). The van der Waals surface area contributed by atoms with Crippen LogP contribution in [0.25, 0.3) is 0 Å². The molecule has 6 heteroatoms. The van der Waals surface area contributed by atoms with Gasteiger partial charge in [-0.1, -0.05) is 37.3 Å². The Morgan fingerprint density at radius 3 is 2.74 bits per heavy atom. The lowest BCUT2D eigenvalue weighted by Gasteiger charge is -2.47. The van der Waals surface area contributed by atoms with E-state index >= 15 is 0 Å². The molecule has 6 atom stereocenters. The Bertz CT molecular complexity index is 485. The highest BCUT2D eigenvalue weighted by molar-refractivity contribution is 5.16. The molecule has 2 aliphatic rings. The molecule has 2 aliphatic heterocycles. The molecule has 1 aromatic rings. The Balaban J connectivity index is 1.72. The fraction of sp³-hybridized carbons (Fsp3) is 0.647. The van der Waals surface area contributed by atoms with Crippen molar-refractivity contribution in [3.63, 3.8) is 0 Å². The summed E-state index contributed by atoms with van der Waals surface area (Å²) >= 11 is 0. The zero-order valence-corrected chi connectivity index (χ0v) is 13.6. The van der Waals surface area contributed by atoms with E-state index in [4.69, 9.17) is 18.9 Å². The maximum absolute atomic E-state index is 10.8. The fourth-order valence-corrected chi connectivity index (χ4v) is 3.10. The monoisotopic (exact) mass is 323 g/mol. The predicted molar refractivity (Wildman–Crippen MR) is 83.8 cm³/mol. The van der Waals surface area contributed by atoms with E-state index < -0.39 is 24.8 Å². The van der Waals surface area contributed by atoms with Gasteiger partial charge in [-0.05, 0) is 13.0 Å². The molecule has 0 amide bonds. The normalized spacial score (nSPS) is 37.3. The molecule has 0 aliphatic carbocycles. The number of nitrogens with one attached hydrogen (secondary N) is 1. The zero-order chi connectivity index (χ0) is 16.2. The van der Waals surface area contributed by atoms with E-state index in [1.54, 1.807) is 7.11 Å². The number of ether oxygens (including phenoxy) is 4. The molecule has 6 nitrogen and oxygen atoms in total. The molecule has 0 saturated carbocycles. The Morgan fingerprint density at radius 2 is 2.04 bits per heavy atom. The maximum atomic E-state index is 10.8. The molecule has 0 radical (unpaired) electrons. The Morgan fingerprint density at radius 1 is 1.26 bits per heavy atom. The second kappa shape index (κ2) is 7.70. The lowest BCUT2D eigenvalue weighted by molar-refractivity contribution is -0.341. The average Bonchev–Trinajstić information content (AvgIpc) is 2.61. The summed E-state index contributed by atoms with van der Waals surface area (Å²) in [5, 5.41) is 14.0. The number of benzene rings is 1. The number of aliphatic hydroxyl groups is 1. The van der Waals surface area contributed by atoms with Crippen molar-refractivity contribution in [2.75, 3.05) is 20.3 Å². The van der Waals surface area contributed by atoms with Gasteiger partial charge in [0, 0.05) is 12.7 Å². The average molecular weight is 323 g/mol. The first-order valence-corrected chi connectivity index (χ1v) is 8.16. The zero-order valence-electron chi connectivity index (χ0n) is 13.6. The Kier molecular flexibility index (Phi) is 5.63. The second-order valence-electron chi connectivity index (χ2n) is 5.93. The third kappa shape index (κ3) is 3.57. The molecule has 2 fully saturated rings. The van der Waals surface area contributed by atoms with E-state index in [1.807, 2.05) is 30.3 Å². The van der Waals surface area contributed by atoms with E-state index in [-0.39, 0.29) is 12.1 Å². The van der Waals surface area contributed by atoms with Gasteiger partial charge in [-0.25, -0.2) is 0 Å². The van der Waals surface area contributed by atoms with Crippen LogP contribution in [-0.2, 0) is 18.9 Å². The highest BCUT2D eigenvalue weighted by Crippen LogP contribution is 2.34. The van der Waals surface area contributed by atoms with Crippen LogP contribution in [-0.4, -0.2) is 56.0 Å². The molecular formula is C17H25NO5. The van der Waals surface area contributed by atoms with Crippen LogP contribution >= 0.6 is 0 Å². The molecule has 1 aromatic carbocycles. The van der Waals surface area contributed by atoms with Crippen LogP contribution in [0.1, 0.15) is 25.2 Å². The number of rotatable bonds is 5. The van der Waals surface area contributed by atoms with E-state index in [0.29, 0.717) is 6.61 Å². The van der Waals surface area contributed by atoms with Gasteiger partial charge in [0.2, 0.25) is 0 Å². The molecule has 0 spiro atoms. The van der Waals surface area contributed by atoms with Gasteiger partial charge in [-0.3, -0.25) is 0 Å². The minimum atomic E-state index is -0.722. The standard InChI is InChI=1S/C17H25NO5/c1-3-9-18-13-14(19)15-12(22-17(13)20-2)10-21-16(23-15)11-7-5-4-6-8-11/h4-8,12-19H,3,9-10H2,1-2H3/t12-,13-,14-,15-,16-,17+/m1/s1. The largest absolute Gasteiger partial charge is 0.388 e. The molecule has 128 valence electrons. The summed E-state index contributed by atoms with van der Waals surface area (Å²) in [6.45, 7) is 3.21. The minimum absolute atomic E-state index is 0.323. The summed E-state index contributed by atoms with van der Waals surface area (Å²) in [6, 6.07) is 9.40. The highest BCUT2D eigenvalue weighted by atomic mass is 16.7. The smallest absolute Gasteiger partial charge is 0.184 e. The summed E-state index contributed by atoms with van der Waals surface area (Å²) in [6.07, 6.45) is -1.55. The molecule has 0 aromatic heterocycles. The predicted octanol–water partition coefficient (Wildman–Crippen LogP) is 1.20. The third-order valence-corrected chi connectivity index (χ3v) is 4.30. The van der Waals surface area contributed by atoms with E-state index in [0.717, 1.165) is 18.5 Å². The summed E-state index contributed by atoms with van der Waals surface area (Å²) in [7, 11) is 1.58. The Labute approximate surface area is 136 Å². The molecule has 2 N–H and O–H groups in total. The second-order valence-corrected chi connectivity index (χ2v) is 5.93. The number of methoxy groups -OCH3 is 1. The summed E-state index contributed by atoms with van der Waals surface area (Å²) in [5.41, 5.74) is 0.935. The summed E-state index contributed by atoms with van der Waals surface area (Å²) < 4.78 is 23.0. The maximum Gasteiger partial charge on any atom is 0.184 e. The van der Waals surface area contributed by atoms with Gasteiger partial charge < -0.3 is 29.4 Å². The minimum Gasteiger partial charge on any atom is -0.388 e. The van der Waals surface area contributed by atoms with Crippen molar-refractivity contribution in [2.45, 2.75) is 50.3 Å². The number of hydrogen-bond donors (Lipinski definition) is 2. The van der Waals surface area contributed by atoms with Gasteiger partial charge in [0.15, 0.2) is 12.6 Å². The van der Waals surface area contributed by atoms with Crippen molar-refractivity contribution in [1.82, 2.24) is 5.32 Å². The number of aliphatic hydroxyl groups excluding tert-OH is 1. The van der Waals surface area contributed by atoms with E-state index in [2.05, 4.69) is 12.2 Å². The van der Waals surface area contributed by atoms with Crippen molar-refractivity contribution in [3.05, 3.63) is 35.9 Å². The van der Waals surface area contributed by atoms with Crippen molar-refractivity contribution in [3.8, 4) is 0 Å². The van der Waals surface area contributed by atoms with Gasteiger partial charge in [0.25, 0.3) is 0 Å². The van der Waals surface area contributed by atoms with Crippen molar-refractivity contribution < 1.29 is 24.1 Å². The lowest BCUT2D eigenvalue weighted by Crippen LogP contribution is -2.66. The van der Waals surface area contributed by atoms with E-state index in [1.165, 1.54) is 0 Å². The molecular weight excluding hydrogens is 298 g/mol. The summed E-state index contributed by atoms with van der Waals surface area (Å²) in [4.78, 5) is 0. The quantitative estimate of drug-likeness (QED) is 0.849. The van der Waals surface area contributed by atoms with Crippen molar-refractivity contribution in [2.24, 2.45) is 0 Å².